The van der Waals surface area contributed by atoms with Gasteiger partial charge in [0.2, 0.25) is 0 Å². The summed E-state index contributed by atoms with van der Waals surface area (Å²) < 4.78 is 0. The van der Waals surface area contributed by atoms with Gasteiger partial charge in [0.1, 0.15) is 6.10 Å². The average molecular weight is 144 g/mol. The van der Waals surface area contributed by atoms with Crippen molar-refractivity contribution in [2.75, 3.05) is 0 Å². The summed E-state index contributed by atoms with van der Waals surface area (Å²) >= 11 is 0. The van der Waals surface area contributed by atoms with Crippen molar-refractivity contribution >= 4 is 5.78 Å². The molecular weight excluding hydrogens is 128 g/mol. The molecule has 0 fully saturated rings. The Bertz CT molecular complexity index is 118. The SMILES string of the molecule is CC(=O)[C@H](O)[C@H](C)C(C)C. The van der Waals surface area contributed by atoms with Crippen molar-refractivity contribution in [2.24, 2.45) is 11.8 Å². The summed E-state index contributed by atoms with van der Waals surface area (Å²) in [5.41, 5.74) is 0. The molecule has 60 valence electrons. The van der Waals surface area contributed by atoms with Crippen molar-refractivity contribution < 1.29 is 9.90 Å². The summed E-state index contributed by atoms with van der Waals surface area (Å²) in [7, 11) is 0. The van der Waals surface area contributed by atoms with E-state index in [0.717, 1.165) is 0 Å². The number of carbonyl (C=O) groups excluding carboxylic acids is 1. The number of carbonyl (C=O) groups is 1. The third-order valence-electron chi connectivity index (χ3n) is 1.97. The lowest BCUT2D eigenvalue weighted by Crippen LogP contribution is -2.28. The van der Waals surface area contributed by atoms with Crippen molar-refractivity contribution in [3.05, 3.63) is 0 Å². The van der Waals surface area contributed by atoms with Crippen LogP contribution in [0.4, 0.5) is 0 Å². The van der Waals surface area contributed by atoms with E-state index in [9.17, 15) is 9.90 Å². The summed E-state index contributed by atoms with van der Waals surface area (Å²) in [4.78, 5) is 10.6. The van der Waals surface area contributed by atoms with Gasteiger partial charge in [0.15, 0.2) is 5.78 Å². The monoisotopic (exact) mass is 144 g/mol. The molecule has 0 spiro atoms. The van der Waals surface area contributed by atoms with E-state index < -0.39 is 6.10 Å². The minimum atomic E-state index is -0.778. The first-order chi connectivity index (χ1) is 4.46. The second-order valence-electron chi connectivity index (χ2n) is 3.16. The third kappa shape index (κ3) is 2.48. The third-order valence-corrected chi connectivity index (χ3v) is 1.97. The predicted molar refractivity (Wildman–Crippen MR) is 40.7 cm³/mol. The Hall–Kier alpha value is -0.370. The summed E-state index contributed by atoms with van der Waals surface area (Å²) in [6, 6.07) is 0. The Morgan fingerprint density at radius 3 is 1.80 bits per heavy atom. The maximum Gasteiger partial charge on any atom is 0.158 e. The highest BCUT2D eigenvalue weighted by Crippen LogP contribution is 2.14. The molecule has 0 saturated heterocycles. The standard InChI is InChI=1S/C8H16O2/c1-5(2)6(3)8(10)7(4)9/h5-6,8,10H,1-4H3/t6-,8-/m1/s1. The van der Waals surface area contributed by atoms with Crippen molar-refractivity contribution in [3.8, 4) is 0 Å². The van der Waals surface area contributed by atoms with Gasteiger partial charge in [-0.2, -0.15) is 0 Å². The van der Waals surface area contributed by atoms with Crippen LogP contribution < -0.4 is 0 Å². The summed E-state index contributed by atoms with van der Waals surface area (Å²) in [5, 5.41) is 9.22. The molecule has 0 aromatic carbocycles. The van der Waals surface area contributed by atoms with Gasteiger partial charge >= 0.3 is 0 Å². The van der Waals surface area contributed by atoms with Gasteiger partial charge in [-0.25, -0.2) is 0 Å². The van der Waals surface area contributed by atoms with E-state index in [1.54, 1.807) is 0 Å². The van der Waals surface area contributed by atoms with Gasteiger partial charge in [0.05, 0.1) is 0 Å². The zero-order valence-electron chi connectivity index (χ0n) is 7.09. The number of hydrogen-bond donors (Lipinski definition) is 1. The number of ketones is 1. The molecule has 0 amide bonds. The van der Waals surface area contributed by atoms with Crippen LogP contribution in [-0.2, 0) is 4.79 Å². The molecule has 0 aromatic rings. The van der Waals surface area contributed by atoms with Crippen molar-refractivity contribution in [2.45, 2.75) is 33.8 Å². The summed E-state index contributed by atoms with van der Waals surface area (Å²) in [5.74, 6) is 0.289. The fraction of sp³-hybridized carbons (Fsp3) is 0.875. The van der Waals surface area contributed by atoms with Crippen LogP contribution in [-0.4, -0.2) is 17.0 Å². The van der Waals surface area contributed by atoms with E-state index in [0.29, 0.717) is 5.92 Å². The Morgan fingerprint density at radius 2 is 1.70 bits per heavy atom. The van der Waals surface area contributed by atoms with Crippen molar-refractivity contribution in [1.82, 2.24) is 0 Å². The molecule has 0 radical (unpaired) electrons. The van der Waals surface area contributed by atoms with Crippen LogP contribution in [0.5, 0.6) is 0 Å². The Balaban J connectivity index is 3.94. The lowest BCUT2D eigenvalue weighted by molar-refractivity contribution is -0.128. The molecule has 2 heteroatoms. The molecule has 0 heterocycles. The Kier molecular flexibility index (Phi) is 3.58. The molecule has 1 N–H and O–H groups in total. The van der Waals surface area contributed by atoms with Crippen LogP contribution in [0, 0.1) is 11.8 Å². The fourth-order valence-corrected chi connectivity index (χ4v) is 0.735. The normalized spacial score (nSPS) is 17.0. The zero-order chi connectivity index (χ0) is 8.31. The quantitative estimate of drug-likeness (QED) is 0.646. The van der Waals surface area contributed by atoms with Crippen LogP contribution in [0.2, 0.25) is 0 Å². The topological polar surface area (TPSA) is 37.3 Å². The number of aliphatic hydroxyl groups excluding tert-OH is 1. The maximum absolute atomic E-state index is 10.6. The molecule has 0 aliphatic rings. The number of hydrogen-bond acceptors (Lipinski definition) is 2. The first kappa shape index (κ1) is 9.63. The second kappa shape index (κ2) is 3.71. The van der Waals surface area contributed by atoms with Crippen molar-refractivity contribution in [1.29, 1.82) is 0 Å². The number of aliphatic hydroxyl groups is 1. The number of Topliss-reactive ketones (excluding diaryl/α,β-unsaturated/α-hetero) is 1. The minimum Gasteiger partial charge on any atom is -0.385 e. The molecular formula is C8H16O2. The molecule has 0 aromatic heterocycles. The van der Waals surface area contributed by atoms with Crippen LogP contribution in [0.25, 0.3) is 0 Å². The van der Waals surface area contributed by atoms with Gasteiger partial charge < -0.3 is 5.11 Å². The van der Waals surface area contributed by atoms with Gasteiger partial charge in [-0.15, -0.1) is 0 Å². The molecule has 10 heavy (non-hydrogen) atoms. The molecule has 0 bridgehead atoms. The molecule has 0 rings (SSSR count). The molecule has 0 aliphatic carbocycles. The van der Waals surface area contributed by atoms with E-state index in [4.69, 9.17) is 0 Å². The summed E-state index contributed by atoms with van der Waals surface area (Å²) in [6.45, 7) is 7.30. The van der Waals surface area contributed by atoms with E-state index in [2.05, 4.69) is 0 Å². The first-order valence-corrected chi connectivity index (χ1v) is 3.65. The predicted octanol–water partition coefficient (Wildman–Crippen LogP) is 1.23. The molecule has 0 unspecified atom stereocenters. The average Bonchev–Trinajstić information content (AvgIpc) is 1.84. The fourth-order valence-electron chi connectivity index (χ4n) is 0.735. The van der Waals surface area contributed by atoms with Gasteiger partial charge in [0, 0.05) is 0 Å². The molecule has 2 atom stereocenters. The second-order valence-corrected chi connectivity index (χ2v) is 3.16. The number of rotatable bonds is 3. The Labute approximate surface area is 62.2 Å². The molecule has 0 aliphatic heterocycles. The van der Waals surface area contributed by atoms with Gasteiger partial charge in [-0.05, 0) is 18.8 Å². The lowest BCUT2D eigenvalue weighted by Gasteiger charge is -2.19. The highest BCUT2D eigenvalue weighted by Gasteiger charge is 2.20. The van der Waals surface area contributed by atoms with Gasteiger partial charge in [0.25, 0.3) is 0 Å². The van der Waals surface area contributed by atoms with Crippen LogP contribution >= 0.6 is 0 Å². The minimum absolute atomic E-state index is 0.0671. The van der Waals surface area contributed by atoms with Gasteiger partial charge in [-0.1, -0.05) is 20.8 Å². The zero-order valence-corrected chi connectivity index (χ0v) is 7.09. The smallest absolute Gasteiger partial charge is 0.158 e. The molecule has 2 nitrogen and oxygen atoms in total. The first-order valence-electron chi connectivity index (χ1n) is 3.65. The van der Waals surface area contributed by atoms with Crippen LogP contribution in [0.15, 0.2) is 0 Å². The van der Waals surface area contributed by atoms with E-state index in [1.165, 1.54) is 6.92 Å². The van der Waals surface area contributed by atoms with E-state index in [-0.39, 0.29) is 11.7 Å². The highest BCUT2D eigenvalue weighted by molar-refractivity contribution is 5.80. The van der Waals surface area contributed by atoms with Gasteiger partial charge in [-0.3, -0.25) is 4.79 Å². The van der Waals surface area contributed by atoms with E-state index in [1.807, 2.05) is 20.8 Å². The van der Waals surface area contributed by atoms with Crippen LogP contribution in [0.1, 0.15) is 27.7 Å². The lowest BCUT2D eigenvalue weighted by atomic mass is 9.90. The highest BCUT2D eigenvalue weighted by atomic mass is 16.3. The van der Waals surface area contributed by atoms with E-state index >= 15 is 0 Å². The van der Waals surface area contributed by atoms with Crippen molar-refractivity contribution in [3.63, 3.8) is 0 Å². The largest absolute Gasteiger partial charge is 0.385 e. The van der Waals surface area contributed by atoms with Crippen LogP contribution in [0.3, 0.4) is 0 Å². The molecule has 0 saturated carbocycles. The Morgan fingerprint density at radius 1 is 1.30 bits per heavy atom. The maximum atomic E-state index is 10.6. The summed E-state index contributed by atoms with van der Waals surface area (Å²) in [6.07, 6.45) is -0.778.